The molecule has 2 amide bonds. The minimum atomic E-state index is -0.669. The smallest absolute Gasteiger partial charge is 0.407 e. The molecular weight excluding hydrogens is 396 g/mol. The Morgan fingerprint density at radius 3 is 2.32 bits per heavy atom. The maximum atomic E-state index is 10.7. The van der Waals surface area contributed by atoms with E-state index in [1.807, 2.05) is 20.8 Å². The van der Waals surface area contributed by atoms with Crippen molar-refractivity contribution in [3.63, 3.8) is 0 Å². The predicted octanol–water partition coefficient (Wildman–Crippen LogP) is 4.10. The molecule has 4 N–H and O–H groups in total. The standard InChI is InChI=1S/C15H24O2.C7H14N2O3.C2H6/c1-12(10-16)6-5-7-13(2)14-8-3-4-9-15(14)11-17-15;1-4(2)5(6(8)10)9-7(11)12-3;1-2/h6-7,14,16H,3-5,8-11H2,1-2H3;4-5H,1-3H3,(H2,8,10)(H,9,11);1-2H3/b12-6+,13-7+;;/t14?,15-;5-;/m01./s1. The highest BCUT2D eigenvalue weighted by atomic mass is 16.6. The fraction of sp³-hybridized carbons (Fsp3) is 0.750. The summed E-state index contributed by atoms with van der Waals surface area (Å²) in [5.74, 6) is 0.0380. The Labute approximate surface area is 188 Å². The first-order valence-corrected chi connectivity index (χ1v) is 11.4. The summed E-state index contributed by atoms with van der Waals surface area (Å²) >= 11 is 0. The van der Waals surface area contributed by atoms with Crippen LogP contribution in [0.3, 0.4) is 0 Å². The molecule has 0 aromatic heterocycles. The minimum absolute atomic E-state index is 0.0402. The van der Waals surface area contributed by atoms with Crippen LogP contribution >= 0.6 is 0 Å². The van der Waals surface area contributed by atoms with Gasteiger partial charge in [-0.05, 0) is 39.0 Å². The van der Waals surface area contributed by atoms with Crippen LogP contribution < -0.4 is 11.1 Å². The molecule has 0 aromatic carbocycles. The van der Waals surface area contributed by atoms with Gasteiger partial charge in [-0.15, -0.1) is 0 Å². The van der Waals surface area contributed by atoms with Gasteiger partial charge in [0.15, 0.2) is 0 Å². The zero-order valence-corrected chi connectivity index (χ0v) is 20.5. The van der Waals surface area contributed by atoms with Gasteiger partial charge in [0, 0.05) is 5.92 Å². The van der Waals surface area contributed by atoms with Gasteiger partial charge in [-0.2, -0.15) is 0 Å². The Morgan fingerprint density at radius 1 is 1.26 bits per heavy atom. The monoisotopic (exact) mass is 440 g/mol. The number of ether oxygens (including phenoxy) is 2. The van der Waals surface area contributed by atoms with Crippen molar-refractivity contribution in [3.8, 4) is 0 Å². The van der Waals surface area contributed by atoms with E-state index in [0.29, 0.717) is 5.92 Å². The van der Waals surface area contributed by atoms with Crippen LogP contribution in [0.2, 0.25) is 0 Å². The number of amides is 2. The molecule has 0 radical (unpaired) electrons. The molecule has 1 saturated heterocycles. The average Bonchev–Trinajstić information content (AvgIpc) is 3.52. The van der Waals surface area contributed by atoms with Gasteiger partial charge in [-0.25, -0.2) is 4.79 Å². The number of epoxide rings is 1. The van der Waals surface area contributed by atoms with Crippen molar-refractivity contribution in [3.05, 3.63) is 23.3 Å². The Kier molecular flexibility index (Phi) is 14.1. The van der Waals surface area contributed by atoms with Crippen molar-refractivity contribution >= 4 is 12.0 Å². The highest BCUT2D eigenvalue weighted by Gasteiger charge is 2.52. The number of aliphatic hydroxyl groups is 1. The molecule has 1 heterocycles. The number of primary amides is 1. The molecular formula is C24H44N2O5. The second-order valence-corrected chi connectivity index (χ2v) is 8.30. The highest BCUT2D eigenvalue weighted by Crippen LogP contribution is 2.49. The van der Waals surface area contributed by atoms with Crippen molar-refractivity contribution in [2.45, 2.75) is 85.3 Å². The van der Waals surface area contributed by atoms with Crippen LogP contribution in [0.5, 0.6) is 0 Å². The van der Waals surface area contributed by atoms with Gasteiger partial charge in [0.1, 0.15) is 6.04 Å². The first-order chi connectivity index (χ1) is 14.7. The number of rotatable bonds is 7. The van der Waals surface area contributed by atoms with Crippen LogP contribution in [-0.4, -0.2) is 49.1 Å². The SMILES string of the molecule is C/C(=C\C/C=C(\C)C1CCCC[C@]12CO2)CO.CC.COC(=O)N[C@@H](C(N)=O)C(C)C. The molecule has 31 heavy (non-hydrogen) atoms. The zero-order valence-electron chi connectivity index (χ0n) is 20.5. The Hall–Kier alpha value is -1.86. The number of alkyl carbamates (subject to hydrolysis) is 1. The molecule has 1 saturated carbocycles. The van der Waals surface area contributed by atoms with Gasteiger partial charge < -0.3 is 25.6 Å². The third-order valence-electron chi connectivity index (χ3n) is 5.63. The molecule has 1 aliphatic heterocycles. The maximum absolute atomic E-state index is 10.7. The number of allylic oxidation sites excluding steroid dienone is 2. The zero-order chi connectivity index (χ0) is 24.0. The van der Waals surface area contributed by atoms with E-state index in [4.69, 9.17) is 15.6 Å². The molecule has 3 atom stereocenters. The molecule has 7 heteroatoms. The molecule has 2 rings (SSSR count). The van der Waals surface area contributed by atoms with Crippen LogP contribution in [0.15, 0.2) is 23.3 Å². The topological polar surface area (TPSA) is 114 Å². The van der Waals surface area contributed by atoms with E-state index in [-0.39, 0.29) is 18.1 Å². The third-order valence-corrected chi connectivity index (χ3v) is 5.63. The van der Waals surface area contributed by atoms with E-state index in [1.54, 1.807) is 13.8 Å². The highest BCUT2D eigenvalue weighted by molar-refractivity contribution is 5.84. The largest absolute Gasteiger partial charge is 0.453 e. The summed E-state index contributed by atoms with van der Waals surface area (Å²) in [6, 6.07) is -0.669. The second kappa shape index (κ2) is 15.0. The number of nitrogens with two attached hydrogens (primary N) is 1. The van der Waals surface area contributed by atoms with Crippen LogP contribution in [0.25, 0.3) is 0 Å². The quantitative estimate of drug-likeness (QED) is 0.407. The average molecular weight is 441 g/mol. The van der Waals surface area contributed by atoms with Gasteiger partial charge in [-0.3, -0.25) is 4.79 Å². The van der Waals surface area contributed by atoms with Crippen molar-refractivity contribution in [1.29, 1.82) is 0 Å². The second-order valence-electron chi connectivity index (χ2n) is 8.30. The lowest BCUT2D eigenvalue weighted by Crippen LogP contribution is -2.47. The third kappa shape index (κ3) is 10.3. The number of carbonyl (C=O) groups is 2. The van der Waals surface area contributed by atoms with Crippen LogP contribution in [0.4, 0.5) is 4.79 Å². The molecule has 2 aliphatic rings. The summed E-state index contributed by atoms with van der Waals surface area (Å²) in [6.45, 7) is 12.9. The summed E-state index contributed by atoms with van der Waals surface area (Å²) in [5.41, 5.74) is 7.78. The van der Waals surface area contributed by atoms with Gasteiger partial charge in [-0.1, -0.05) is 63.8 Å². The van der Waals surface area contributed by atoms with Crippen LogP contribution in [0.1, 0.15) is 73.6 Å². The fourth-order valence-electron chi connectivity index (χ4n) is 3.70. The van der Waals surface area contributed by atoms with E-state index < -0.39 is 18.0 Å². The fourth-order valence-corrected chi connectivity index (χ4v) is 3.70. The van der Waals surface area contributed by atoms with Crippen LogP contribution in [-0.2, 0) is 14.3 Å². The van der Waals surface area contributed by atoms with Crippen molar-refractivity contribution < 1.29 is 24.2 Å². The van der Waals surface area contributed by atoms with Gasteiger partial charge in [0.25, 0.3) is 0 Å². The summed E-state index contributed by atoms with van der Waals surface area (Å²) in [5, 5.41) is 11.3. The van der Waals surface area contributed by atoms with Crippen molar-refractivity contribution in [2.75, 3.05) is 20.3 Å². The molecule has 180 valence electrons. The molecule has 1 spiro atoms. The van der Waals surface area contributed by atoms with Crippen LogP contribution in [0, 0.1) is 11.8 Å². The number of nitrogens with one attached hydrogen (secondary N) is 1. The lowest BCUT2D eigenvalue weighted by molar-refractivity contribution is -0.120. The molecule has 7 nitrogen and oxygen atoms in total. The molecule has 0 aromatic rings. The number of methoxy groups -OCH3 is 1. The van der Waals surface area contributed by atoms with E-state index in [9.17, 15) is 9.59 Å². The summed E-state index contributed by atoms with van der Waals surface area (Å²) in [4.78, 5) is 21.4. The molecule has 1 unspecified atom stereocenters. The molecule has 0 bridgehead atoms. The minimum Gasteiger partial charge on any atom is -0.453 e. The number of aliphatic hydroxyl groups excluding tert-OH is 1. The van der Waals surface area contributed by atoms with Crippen molar-refractivity contribution in [1.82, 2.24) is 5.32 Å². The van der Waals surface area contributed by atoms with Gasteiger partial charge in [0.2, 0.25) is 5.91 Å². The first-order valence-electron chi connectivity index (χ1n) is 11.4. The normalized spacial score (nSPS) is 23.7. The van der Waals surface area contributed by atoms with E-state index in [0.717, 1.165) is 18.6 Å². The molecule has 2 fully saturated rings. The summed E-state index contributed by atoms with van der Waals surface area (Å²) in [7, 11) is 1.23. The first kappa shape index (κ1) is 29.1. The van der Waals surface area contributed by atoms with Gasteiger partial charge in [0.05, 0.1) is 25.9 Å². The Morgan fingerprint density at radius 2 is 1.87 bits per heavy atom. The van der Waals surface area contributed by atoms with Crippen molar-refractivity contribution in [2.24, 2.45) is 17.6 Å². The molecule has 1 aliphatic carbocycles. The van der Waals surface area contributed by atoms with E-state index in [1.165, 1.54) is 38.4 Å². The number of carbonyl (C=O) groups excluding carboxylic acids is 2. The lowest BCUT2D eigenvalue weighted by Gasteiger charge is -2.29. The van der Waals surface area contributed by atoms with E-state index >= 15 is 0 Å². The number of hydrogen-bond acceptors (Lipinski definition) is 5. The number of hydrogen-bond donors (Lipinski definition) is 3. The maximum Gasteiger partial charge on any atom is 0.407 e. The predicted molar refractivity (Wildman–Crippen MR) is 125 cm³/mol. The van der Waals surface area contributed by atoms with E-state index in [2.05, 4.69) is 29.1 Å². The lowest BCUT2D eigenvalue weighted by atomic mass is 9.75. The summed E-state index contributed by atoms with van der Waals surface area (Å²) in [6.07, 6.45) is 9.89. The Balaban J connectivity index is 0.000000570. The summed E-state index contributed by atoms with van der Waals surface area (Å²) < 4.78 is 10.0. The Bertz CT molecular complexity index is 609. The van der Waals surface area contributed by atoms with Gasteiger partial charge >= 0.3 is 6.09 Å².